The molecule has 2 nitrogen and oxygen atoms in total. The fourth-order valence-electron chi connectivity index (χ4n) is 3.58. The molecule has 1 aliphatic rings. The van der Waals surface area contributed by atoms with Crippen molar-refractivity contribution in [1.82, 2.24) is 10.2 Å². The summed E-state index contributed by atoms with van der Waals surface area (Å²) in [6.07, 6.45) is 6.21. The molecule has 1 aromatic rings. The Hall–Kier alpha value is -0.380. The highest BCUT2D eigenvalue weighted by molar-refractivity contribution is 7.11. The minimum absolute atomic E-state index is 0.348. The van der Waals surface area contributed by atoms with E-state index >= 15 is 0 Å². The third-order valence-corrected chi connectivity index (χ3v) is 6.41. The lowest BCUT2D eigenvalue weighted by Crippen LogP contribution is -2.63. The summed E-state index contributed by atoms with van der Waals surface area (Å²) in [6.45, 7) is 12.7. The van der Waals surface area contributed by atoms with Gasteiger partial charge in [-0.25, -0.2) is 0 Å². The van der Waals surface area contributed by atoms with Gasteiger partial charge in [-0.3, -0.25) is 4.90 Å². The molecule has 1 N–H and O–H groups in total. The average Bonchev–Trinajstić information content (AvgIpc) is 2.96. The molecule has 0 aliphatic carbocycles. The summed E-state index contributed by atoms with van der Waals surface area (Å²) in [6, 6.07) is 5.33. The van der Waals surface area contributed by atoms with Gasteiger partial charge in [0.2, 0.25) is 0 Å². The van der Waals surface area contributed by atoms with Gasteiger partial charge >= 0.3 is 0 Å². The van der Waals surface area contributed by atoms with Crippen LogP contribution in [-0.2, 0) is 13.0 Å². The van der Waals surface area contributed by atoms with Gasteiger partial charge in [0.05, 0.1) is 0 Å². The lowest BCUT2D eigenvalue weighted by molar-refractivity contribution is 0.0236. The fraction of sp³-hybridized carbons (Fsp3) is 0.778. The average molecular weight is 309 g/mol. The van der Waals surface area contributed by atoms with Crippen LogP contribution in [0.15, 0.2) is 12.1 Å². The van der Waals surface area contributed by atoms with Crippen LogP contribution < -0.4 is 5.32 Å². The maximum atomic E-state index is 3.81. The summed E-state index contributed by atoms with van der Waals surface area (Å²) in [5.74, 6) is 0. The normalized spacial score (nSPS) is 22.6. The zero-order valence-corrected chi connectivity index (χ0v) is 15.1. The summed E-state index contributed by atoms with van der Waals surface area (Å²) in [5, 5.41) is 3.81. The van der Waals surface area contributed by atoms with Crippen molar-refractivity contribution in [1.29, 1.82) is 0 Å². The smallest absolute Gasteiger partial charge is 0.0334 e. The Morgan fingerprint density at radius 3 is 2.48 bits per heavy atom. The van der Waals surface area contributed by atoms with E-state index in [1.807, 2.05) is 11.3 Å². The van der Waals surface area contributed by atoms with E-state index in [-0.39, 0.29) is 0 Å². The summed E-state index contributed by atoms with van der Waals surface area (Å²) >= 11 is 2.00. The van der Waals surface area contributed by atoms with Gasteiger partial charge in [0.25, 0.3) is 0 Å². The molecule has 0 bridgehead atoms. The van der Waals surface area contributed by atoms with Crippen LogP contribution in [0.25, 0.3) is 0 Å². The first-order valence-electron chi connectivity index (χ1n) is 8.73. The lowest BCUT2D eigenvalue weighted by Gasteiger charge is -2.49. The highest BCUT2D eigenvalue weighted by Crippen LogP contribution is 2.31. The first kappa shape index (κ1) is 17.0. The topological polar surface area (TPSA) is 15.3 Å². The predicted octanol–water partition coefficient (Wildman–Crippen LogP) is 4.44. The van der Waals surface area contributed by atoms with Crippen LogP contribution in [0.4, 0.5) is 0 Å². The van der Waals surface area contributed by atoms with Crippen molar-refractivity contribution in [3.05, 3.63) is 21.9 Å². The molecule has 0 spiro atoms. The molecule has 0 amide bonds. The second-order valence-corrected chi connectivity index (χ2v) is 7.65. The predicted molar refractivity (Wildman–Crippen MR) is 94.1 cm³/mol. The Morgan fingerprint density at radius 2 is 1.90 bits per heavy atom. The number of rotatable bonds is 7. The molecule has 1 aliphatic heterocycles. The van der Waals surface area contributed by atoms with Gasteiger partial charge in [-0.05, 0) is 37.8 Å². The Morgan fingerprint density at radius 1 is 1.19 bits per heavy atom. The van der Waals surface area contributed by atoms with E-state index in [4.69, 9.17) is 0 Å². The summed E-state index contributed by atoms with van der Waals surface area (Å²) < 4.78 is 0. The quantitative estimate of drug-likeness (QED) is 0.801. The number of hydrogen-bond donors (Lipinski definition) is 1. The minimum Gasteiger partial charge on any atom is -0.311 e. The maximum Gasteiger partial charge on any atom is 0.0334 e. The summed E-state index contributed by atoms with van der Waals surface area (Å²) in [5.41, 5.74) is 0.348. The number of thiophene rings is 1. The first-order chi connectivity index (χ1) is 10.2. The molecule has 21 heavy (non-hydrogen) atoms. The van der Waals surface area contributed by atoms with Gasteiger partial charge in [-0.1, -0.05) is 34.1 Å². The molecular weight excluding hydrogens is 276 g/mol. The van der Waals surface area contributed by atoms with E-state index in [2.05, 4.69) is 50.0 Å². The van der Waals surface area contributed by atoms with Crippen molar-refractivity contribution in [2.24, 2.45) is 0 Å². The van der Waals surface area contributed by atoms with E-state index < -0.39 is 0 Å². The Kier molecular flexibility index (Phi) is 6.27. The van der Waals surface area contributed by atoms with E-state index in [1.165, 1.54) is 42.0 Å². The standard InChI is InChI=1S/C18H32N2S/c1-5-9-15-12-20(18(7-3,8-4)14-19-15)13-17-11-10-16(6-2)21-17/h10-11,15,19H,5-9,12-14H2,1-4H3. The Labute approximate surface area is 134 Å². The Bertz CT molecular complexity index is 423. The van der Waals surface area contributed by atoms with Crippen molar-refractivity contribution in [3.8, 4) is 0 Å². The van der Waals surface area contributed by atoms with Crippen LogP contribution in [0.5, 0.6) is 0 Å². The highest BCUT2D eigenvalue weighted by atomic mass is 32.1. The zero-order valence-electron chi connectivity index (χ0n) is 14.2. The Balaban J connectivity index is 2.12. The van der Waals surface area contributed by atoms with Crippen molar-refractivity contribution in [2.75, 3.05) is 13.1 Å². The molecular formula is C18H32N2S. The molecule has 1 fully saturated rings. The van der Waals surface area contributed by atoms with Crippen LogP contribution in [0, 0.1) is 0 Å². The number of nitrogens with zero attached hydrogens (tertiary/aromatic N) is 1. The lowest BCUT2D eigenvalue weighted by atomic mass is 9.86. The maximum absolute atomic E-state index is 3.81. The third kappa shape index (κ3) is 3.88. The molecule has 0 saturated carbocycles. The number of nitrogens with one attached hydrogen (secondary N) is 1. The second-order valence-electron chi connectivity index (χ2n) is 6.40. The van der Waals surface area contributed by atoms with Gasteiger partial charge in [0.15, 0.2) is 0 Å². The van der Waals surface area contributed by atoms with E-state index in [1.54, 1.807) is 0 Å². The molecule has 1 unspecified atom stereocenters. The molecule has 2 rings (SSSR count). The molecule has 3 heteroatoms. The number of aryl methyl sites for hydroxylation is 1. The first-order valence-corrected chi connectivity index (χ1v) is 9.55. The molecule has 1 atom stereocenters. The molecule has 1 saturated heterocycles. The van der Waals surface area contributed by atoms with Gasteiger partial charge in [-0.2, -0.15) is 0 Å². The van der Waals surface area contributed by atoms with Crippen molar-refractivity contribution < 1.29 is 0 Å². The summed E-state index contributed by atoms with van der Waals surface area (Å²) in [4.78, 5) is 5.83. The SMILES string of the molecule is CCCC1CN(Cc2ccc(CC)s2)C(CC)(CC)CN1. The van der Waals surface area contributed by atoms with Gasteiger partial charge in [0.1, 0.15) is 0 Å². The largest absolute Gasteiger partial charge is 0.311 e. The van der Waals surface area contributed by atoms with E-state index in [0.29, 0.717) is 11.6 Å². The van der Waals surface area contributed by atoms with Crippen molar-refractivity contribution in [3.63, 3.8) is 0 Å². The van der Waals surface area contributed by atoms with Crippen LogP contribution in [0.2, 0.25) is 0 Å². The minimum atomic E-state index is 0.348. The van der Waals surface area contributed by atoms with Gasteiger partial charge in [0, 0.05) is 41.0 Å². The fourth-order valence-corrected chi connectivity index (χ4v) is 4.55. The highest BCUT2D eigenvalue weighted by Gasteiger charge is 2.38. The van der Waals surface area contributed by atoms with Crippen LogP contribution >= 0.6 is 11.3 Å². The van der Waals surface area contributed by atoms with Gasteiger partial charge in [-0.15, -0.1) is 11.3 Å². The van der Waals surface area contributed by atoms with Crippen molar-refractivity contribution in [2.45, 2.75) is 77.9 Å². The molecule has 0 aromatic carbocycles. The number of piperazine rings is 1. The van der Waals surface area contributed by atoms with E-state index in [9.17, 15) is 0 Å². The number of hydrogen-bond acceptors (Lipinski definition) is 3. The van der Waals surface area contributed by atoms with Crippen LogP contribution in [0.1, 0.15) is 63.1 Å². The van der Waals surface area contributed by atoms with Gasteiger partial charge < -0.3 is 5.32 Å². The van der Waals surface area contributed by atoms with Crippen LogP contribution in [-0.4, -0.2) is 29.6 Å². The molecule has 0 radical (unpaired) electrons. The third-order valence-electron chi connectivity index (χ3n) is 5.20. The monoisotopic (exact) mass is 308 g/mol. The van der Waals surface area contributed by atoms with E-state index in [0.717, 1.165) is 19.5 Å². The molecule has 1 aromatic heterocycles. The second kappa shape index (κ2) is 7.75. The molecule has 120 valence electrons. The molecule has 2 heterocycles. The van der Waals surface area contributed by atoms with Crippen LogP contribution in [0.3, 0.4) is 0 Å². The van der Waals surface area contributed by atoms with Crippen molar-refractivity contribution >= 4 is 11.3 Å². The summed E-state index contributed by atoms with van der Waals surface area (Å²) in [7, 11) is 0. The zero-order chi connectivity index (χ0) is 15.3.